The van der Waals surface area contributed by atoms with Gasteiger partial charge in [-0.05, 0) is 76.2 Å². The van der Waals surface area contributed by atoms with Crippen molar-refractivity contribution in [1.82, 2.24) is 4.90 Å². The fraction of sp³-hybridized carbons (Fsp3) is 0.0455. The van der Waals surface area contributed by atoms with E-state index in [0.717, 1.165) is 20.7 Å². The number of phenolic OH excluding ortho intramolecular Hbond substituents is 2. The van der Waals surface area contributed by atoms with Gasteiger partial charge in [0.1, 0.15) is 17.3 Å². The van der Waals surface area contributed by atoms with Crippen LogP contribution in [-0.4, -0.2) is 32.4 Å². The highest BCUT2D eigenvalue weighted by Crippen LogP contribution is 2.36. The topological polar surface area (TPSA) is 98.6 Å². The van der Waals surface area contributed by atoms with Crippen LogP contribution in [0, 0.1) is 0 Å². The molecule has 1 fully saturated rings. The van der Waals surface area contributed by atoms with Gasteiger partial charge in [-0.3, -0.25) is 9.69 Å². The molecule has 0 bridgehead atoms. The summed E-state index contributed by atoms with van der Waals surface area (Å²) >= 11 is 11.1. The number of amides is 1. The Morgan fingerprint density at radius 2 is 1.85 bits per heavy atom. The summed E-state index contributed by atoms with van der Waals surface area (Å²) in [5.74, 6) is 0.366. The second kappa shape index (κ2) is 10.3. The zero-order valence-corrected chi connectivity index (χ0v) is 22.1. The number of amidine groups is 1. The van der Waals surface area contributed by atoms with Gasteiger partial charge >= 0.3 is 0 Å². The molecule has 0 radical (unpaired) electrons. The first kappa shape index (κ1) is 23.8. The van der Waals surface area contributed by atoms with E-state index in [-0.39, 0.29) is 24.0 Å². The minimum atomic E-state index is -0.294. The molecular formula is C22H14Br3N3O4S. The number of halogens is 3. The lowest BCUT2D eigenvalue weighted by atomic mass is 10.2. The molecule has 0 saturated carbocycles. The number of carbonyl (C=O) groups is 1. The Balaban J connectivity index is 1.67. The molecule has 2 aromatic carbocycles. The van der Waals surface area contributed by atoms with Crippen LogP contribution >= 0.6 is 59.6 Å². The molecule has 0 unspecified atom stereocenters. The molecule has 1 aliphatic rings. The van der Waals surface area contributed by atoms with Gasteiger partial charge in [0.2, 0.25) is 0 Å². The molecule has 7 nitrogen and oxygen atoms in total. The highest BCUT2D eigenvalue weighted by atomic mass is 79.9. The van der Waals surface area contributed by atoms with Crippen LogP contribution in [-0.2, 0) is 11.3 Å². The molecule has 0 atom stereocenters. The fourth-order valence-corrected chi connectivity index (χ4v) is 5.45. The van der Waals surface area contributed by atoms with Crippen molar-refractivity contribution < 1.29 is 19.4 Å². The van der Waals surface area contributed by atoms with E-state index >= 15 is 0 Å². The quantitative estimate of drug-likeness (QED) is 0.186. The summed E-state index contributed by atoms with van der Waals surface area (Å²) in [6.07, 6.45) is 4.53. The first-order valence-electron chi connectivity index (χ1n) is 9.33. The lowest BCUT2D eigenvalue weighted by Crippen LogP contribution is -2.28. The van der Waals surface area contributed by atoms with Crippen molar-refractivity contribution in [2.45, 2.75) is 6.54 Å². The molecule has 1 saturated heterocycles. The van der Waals surface area contributed by atoms with Crippen LogP contribution in [0.4, 0.5) is 0 Å². The molecule has 1 aliphatic heterocycles. The molecule has 33 heavy (non-hydrogen) atoms. The molecule has 4 rings (SSSR count). The van der Waals surface area contributed by atoms with Crippen LogP contribution in [0.25, 0.3) is 6.08 Å². The molecule has 11 heteroatoms. The number of phenols is 2. The highest BCUT2D eigenvalue weighted by Gasteiger charge is 2.34. The average Bonchev–Trinajstić information content (AvgIpc) is 3.38. The molecule has 0 spiro atoms. The largest absolute Gasteiger partial charge is 0.507 e. The Labute approximate surface area is 218 Å². The number of hydrogen-bond donors (Lipinski definition) is 2. The van der Waals surface area contributed by atoms with E-state index in [1.807, 2.05) is 0 Å². The van der Waals surface area contributed by atoms with E-state index in [0.29, 0.717) is 31.4 Å². The summed E-state index contributed by atoms with van der Waals surface area (Å²) in [7, 11) is 0. The number of thioether (sulfide) groups is 1. The van der Waals surface area contributed by atoms with Crippen LogP contribution < -0.4 is 0 Å². The van der Waals surface area contributed by atoms with Crippen molar-refractivity contribution in [1.29, 1.82) is 0 Å². The third kappa shape index (κ3) is 5.60. The number of nitrogens with zero attached hydrogens (tertiary/aromatic N) is 3. The zero-order valence-electron chi connectivity index (χ0n) is 16.6. The van der Waals surface area contributed by atoms with Gasteiger partial charge in [0.05, 0.1) is 28.4 Å². The number of carbonyl (C=O) groups excluding carboxylic acids is 1. The van der Waals surface area contributed by atoms with E-state index in [1.165, 1.54) is 17.4 Å². The van der Waals surface area contributed by atoms with E-state index in [9.17, 15) is 15.0 Å². The van der Waals surface area contributed by atoms with Gasteiger partial charge in [-0.15, -0.1) is 5.10 Å². The van der Waals surface area contributed by atoms with Gasteiger partial charge < -0.3 is 14.6 Å². The normalized spacial score (nSPS) is 16.6. The van der Waals surface area contributed by atoms with Gasteiger partial charge in [-0.2, -0.15) is 5.10 Å². The molecule has 1 aromatic heterocycles. The van der Waals surface area contributed by atoms with Crippen molar-refractivity contribution in [3.8, 4) is 11.5 Å². The Morgan fingerprint density at radius 1 is 1.06 bits per heavy atom. The minimum Gasteiger partial charge on any atom is -0.507 e. The van der Waals surface area contributed by atoms with Crippen molar-refractivity contribution >= 4 is 82.9 Å². The lowest BCUT2D eigenvalue weighted by molar-refractivity contribution is -0.122. The molecule has 168 valence electrons. The van der Waals surface area contributed by atoms with Crippen molar-refractivity contribution in [3.63, 3.8) is 0 Å². The standard InChI is InChI=1S/C22H14Br3N3O4S/c23-14-3-4-18(29)12(6-14)8-19-21(31)28(11-16-2-1-5-32-16)22(33-19)27-26-10-13-7-15(24)9-17(25)20(13)30/h1-10,29-30H,11H2/b19-8-,26-10-,27-22+. The number of aromatic hydroxyl groups is 2. The summed E-state index contributed by atoms with van der Waals surface area (Å²) in [5, 5.41) is 29.0. The summed E-state index contributed by atoms with van der Waals surface area (Å²) in [6.45, 7) is 0.169. The Hall–Kier alpha value is -2.34. The summed E-state index contributed by atoms with van der Waals surface area (Å²) in [6, 6.07) is 11.9. The SMILES string of the molecule is O=C1/C(=C/c2cc(Br)ccc2O)S/C(=N/N=C\c2cc(Br)cc(Br)c2O)N1Cc1ccco1. The van der Waals surface area contributed by atoms with Crippen molar-refractivity contribution in [3.05, 3.63) is 83.9 Å². The smallest absolute Gasteiger partial charge is 0.267 e. The van der Waals surface area contributed by atoms with Gasteiger partial charge in [0.15, 0.2) is 5.17 Å². The monoisotopic (exact) mass is 653 g/mol. The first-order valence-corrected chi connectivity index (χ1v) is 12.5. The number of benzene rings is 2. The van der Waals surface area contributed by atoms with Crippen LogP contribution in [0.15, 0.2) is 81.7 Å². The van der Waals surface area contributed by atoms with E-state index in [4.69, 9.17) is 4.42 Å². The molecule has 3 aromatic rings. The van der Waals surface area contributed by atoms with Gasteiger partial charge in [-0.25, -0.2) is 0 Å². The molecular weight excluding hydrogens is 642 g/mol. The molecule has 1 amide bonds. The van der Waals surface area contributed by atoms with E-state index in [1.54, 1.807) is 48.5 Å². The number of furan rings is 1. The summed E-state index contributed by atoms with van der Waals surface area (Å²) in [4.78, 5) is 15.0. The maximum Gasteiger partial charge on any atom is 0.267 e. The van der Waals surface area contributed by atoms with Gasteiger partial charge in [0.25, 0.3) is 5.91 Å². The molecule has 0 aliphatic carbocycles. The van der Waals surface area contributed by atoms with Crippen LogP contribution in [0.2, 0.25) is 0 Å². The maximum atomic E-state index is 13.1. The van der Waals surface area contributed by atoms with Gasteiger partial charge in [0, 0.05) is 20.1 Å². The van der Waals surface area contributed by atoms with Gasteiger partial charge in [-0.1, -0.05) is 31.9 Å². The number of hydrogen-bond acceptors (Lipinski definition) is 7. The Bertz CT molecular complexity index is 1310. The van der Waals surface area contributed by atoms with Crippen molar-refractivity contribution in [2.24, 2.45) is 10.2 Å². The minimum absolute atomic E-state index is 0.0236. The second-order valence-electron chi connectivity index (χ2n) is 6.74. The summed E-state index contributed by atoms with van der Waals surface area (Å²) < 4.78 is 7.43. The summed E-state index contributed by atoms with van der Waals surface area (Å²) in [5.41, 5.74) is 0.939. The fourth-order valence-electron chi connectivity index (χ4n) is 2.89. The maximum absolute atomic E-state index is 13.1. The lowest BCUT2D eigenvalue weighted by Gasteiger charge is -2.12. The van der Waals surface area contributed by atoms with E-state index < -0.39 is 0 Å². The third-order valence-corrected chi connectivity index (χ3v) is 7.01. The number of rotatable bonds is 5. The van der Waals surface area contributed by atoms with Crippen LogP contribution in [0.1, 0.15) is 16.9 Å². The average molecular weight is 656 g/mol. The van der Waals surface area contributed by atoms with Crippen molar-refractivity contribution in [2.75, 3.05) is 0 Å². The second-order valence-corrected chi connectivity index (χ2v) is 10.4. The Kier molecular flexibility index (Phi) is 7.42. The van der Waals surface area contributed by atoms with Crippen LogP contribution in [0.5, 0.6) is 11.5 Å². The first-order chi connectivity index (χ1) is 15.8. The predicted molar refractivity (Wildman–Crippen MR) is 139 cm³/mol. The zero-order chi connectivity index (χ0) is 23.5. The molecule has 2 N–H and O–H groups in total. The van der Waals surface area contributed by atoms with Crippen LogP contribution in [0.3, 0.4) is 0 Å². The molecule has 2 heterocycles. The Morgan fingerprint density at radius 3 is 2.61 bits per heavy atom. The highest BCUT2D eigenvalue weighted by molar-refractivity contribution is 9.11. The third-order valence-electron chi connectivity index (χ3n) is 4.46. The predicted octanol–water partition coefficient (Wildman–Crippen LogP) is 6.48. The van der Waals surface area contributed by atoms with E-state index in [2.05, 4.69) is 58.0 Å².